The fraction of sp³-hybridized carbons (Fsp3) is 0.364. The highest BCUT2D eigenvalue weighted by atomic mass is 16.2. The van der Waals surface area contributed by atoms with Crippen molar-refractivity contribution in [3.05, 3.63) is 23.8 Å². The lowest BCUT2D eigenvalue weighted by atomic mass is 10.3. The predicted molar refractivity (Wildman–Crippen MR) is 68.2 cm³/mol. The van der Waals surface area contributed by atoms with Crippen LogP contribution >= 0.6 is 0 Å². The van der Waals surface area contributed by atoms with Gasteiger partial charge in [-0.2, -0.15) is 10.2 Å². The first-order valence-electron chi connectivity index (χ1n) is 5.65. The number of carbonyl (C=O) groups is 1. The number of nitrogens with two attached hydrogens (primary N) is 1. The van der Waals surface area contributed by atoms with Crippen molar-refractivity contribution < 1.29 is 4.79 Å². The van der Waals surface area contributed by atoms with Crippen LogP contribution in [0.5, 0.6) is 0 Å². The number of nitrogen functional groups attached to an aromatic ring is 1. The molecular formula is C11H16N6O. The Bertz CT molecular complexity index is 582. The third-order valence-electron chi connectivity index (χ3n) is 2.72. The lowest BCUT2D eigenvalue weighted by Gasteiger charge is -2.03. The Balaban J connectivity index is 2.21. The number of anilines is 2. The molecule has 0 saturated carbocycles. The average Bonchev–Trinajstić information content (AvgIpc) is 2.83. The largest absolute Gasteiger partial charge is 0.396 e. The summed E-state index contributed by atoms with van der Waals surface area (Å²) in [5, 5.41) is 10.9. The number of hydrogen-bond acceptors (Lipinski definition) is 4. The Morgan fingerprint density at radius 1 is 1.56 bits per heavy atom. The molecule has 2 rings (SSSR count). The van der Waals surface area contributed by atoms with Crippen LogP contribution < -0.4 is 11.1 Å². The van der Waals surface area contributed by atoms with E-state index in [0.29, 0.717) is 11.4 Å². The van der Waals surface area contributed by atoms with Gasteiger partial charge < -0.3 is 11.1 Å². The van der Waals surface area contributed by atoms with E-state index in [4.69, 9.17) is 5.73 Å². The number of hydrogen-bond donors (Lipinski definition) is 2. The number of carbonyl (C=O) groups excluding carboxylic acids is 1. The van der Waals surface area contributed by atoms with Crippen molar-refractivity contribution in [2.24, 2.45) is 7.05 Å². The first-order chi connectivity index (χ1) is 8.52. The quantitative estimate of drug-likeness (QED) is 0.839. The van der Waals surface area contributed by atoms with E-state index in [1.807, 2.05) is 13.8 Å². The van der Waals surface area contributed by atoms with Gasteiger partial charge in [0.05, 0.1) is 23.3 Å². The van der Waals surface area contributed by atoms with Gasteiger partial charge in [0, 0.05) is 19.8 Å². The van der Waals surface area contributed by atoms with Crippen LogP contribution in [0.3, 0.4) is 0 Å². The Morgan fingerprint density at radius 2 is 2.28 bits per heavy atom. The number of rotatable bonds is 3. The molecular weight excluding hydrogens is 232 g/mol. The Labute approximate surface area is 105 Å². The van der Waals surface area contributed by atoms with Gasteiger partial charge in [-0.1, -0.05) is 0 Å². The second kappa shape index (κ2) is 4.52. The van der Waals surface area contributed by atoms with Crippen molar-refractivity contribution >= 4 is 17.3 Å². The highest BCUT2D eigenvalue weighted by Crippen LogP contribution is 2.16. The molecule has 0 aliphatic rings. The smallest absolute Gasteiger partial charge is 0.278 e. The maximum Gasteiger partial charge on any atom is 0.278 e. The monoisotopic (exact) mass is 248 g/mol. The van der Waals surface area contributed by atoms with Gasteiger partial charge >= 0.3 is 0 Å². The third kappa shape index (κ3) is 2.06. The van der Waals surface area contributed by atoms with Gasteiger partial charge in [-0.15, -0.1) is 0 Å². The molecule has 0 aliphatic carbocycles. The second-order valence-electron chi connectivity index (χ2n) is 4.02. The summed E-state index contributed by atoms with van der Waals surface area (Å²) in [4.78, 5) is 12.0. The van der Waals surface area contributed by atoms with Crippen molar-refractivity contribution in [3.8, 4) is 0 Å². The summed E-state index contributed by atoms with van der Waals surface area (Å²) in [6.45, 7) is 4.64. The number of aromatic nitrogens is 4. The molecule has 0 bridgehead atoms. The van der Waals surface area contributed by atoms with E-state index in [1.54, 1.807) is 24.1 Å². The Hall–Kier alpha value is -2.31. The summed E-state index contributed by atoms with van der Waals surface area (Å²) < 4.78 is 3.31. The number of nitrogens with one attached hydrogen (secondary N) is 1. The first-order valence-corrected chi connectivity index (χ1v) is 5.65. The van der Waals surface area contributed by atoms with Gasteiger partial charge in [0.2, 0.25) is 0 Å². The SMILES string of the molecule is CCn1ncc(NC(=O)c2nn(C)cc2N)c1C. The highest BCUT2D eigenvalue weighted by Gasteiger charge is 2.16. The van der Waals surface area contributed by atoms with Crippen LogP contribution in [-0.4, -0.2) is 25.5 Å². The van der Waals surface area contributed by atoms with Crippen molar-refractivity contribution in [3.63, 3.8) is 0 Å². The molecule has 0 aliphatic heterocycles. The molecule has 0 atom stereocenters. The molecule has 2 aromatic heterocycles. The lowest BCUT2D eigenvalue weighted by Crippen LogP contribution is -2.15. The zero-order valence-corrected chi connectivity index (χ0v) is 10.6. The van der Waals surface area contributed by atoms with Crippen LogP contribution in [0.2, 0.25) is 0 Å². The highest BCUT2D eigenvalue weighted by molar-refractivity contribution is 6.06. The first kappa shape index (κ1) is 12.2. The third-order valence-corrected chi connectivity index (χ3v) is 2.72. The molecule has 0 spiro atoms. The van der Waals surface area contributed by atoms with E-state index >= 15 is 0 Å². The van der Waals surface area contributed by atoms with E-state index in [9.17, 15) is 4.79 Å². The van der Waals surface area contributed by atoms with Crippen molar-refractivity contribution in [1.82, 2.24) is 19.6 Å². The van der Waals surface area contributed by atoms with Crippen molar-refractivity contribution in [2.45, 2.75) is 20.4 Å². The molecule has 0 unspecified atom stereocenters. The molecule has 2 heterocycles. The summed E-state index contributed by atoms with van der Waals surface area (Å²) in [6, 6.07) is 0. The zero-order valence-electron chi connectivity index (χ0n) is 10.6. The minimum Gasteiger partial charge on any atom is -0.396 e. The van der Waals surface area contributed by atoms with Crippen molar-refractivity contribution in [1.29, 1.82) is 0 Å². The summed E-state index contributed by atoms with van der Waals surface area (Å²) in [5.41, 5.74) is 7.86. The summed E-state index contributed by atoms with van der Waals surface area (Å²) in [6.07, 6.45) is 3.22. The van der Waals surface area contributed by atoms with Crippen LogP contribution in [0.4, 0.5) is 11.4 Å². The van der Waals surface area contributed by atoms with Gasteiger partial charge in [0.25, 0.3) is 5.91 Å². The van der Waals surface area contributed by atoms with Crippen LogP contribution in [0, 0.1) is 6.92 Å². The zero-order chi connectivity index (χ0) is 13.3. The van der Waals surface area contributed by atoms with Crippen LogP contribution in [0.15, 0.2) is 12.4 Å². The molecule has 0 saturated heterocycles. The van der Waals surface area contributed by atoms with Gasteiger partial charge in [-0.05, 0) is 13.8 Å². The maximum absolute atomic E-state index is 12.0. The minimum atomic E-state index is -0.327. The van der Waals surface area contributed by atoms with Gasteiger partial charge in [0.1, 0.15) is 0 Å². The van der Waals surface area contributed by atoms with E-state index in [2.05, 4.69) is 15.5 Å². The van der Waals surface area contributed by atoms with E-state index < -0.39 is 0 Å². The number of aryl methyl sites for hydroxylation is 2. The standard InChI is InChI=1S/C11H16N6O/c1-4-17-7(2)9(5-13-17)14-11(18)10-8(12)6-16(3)15-10/h5-6H,4,12H2,1-3H3,(H,14,18). The van der Waals surface area contributed by atoms with Gasteiger partial charge in [0.15, 0.2) is 5.69 Å². The number of nitrogens with zero attached hydrogens (tertiary/aromatic N) is 4. The summed E-state index contributed by atoms with van der Waals surface area (Å²) in [5.74, 6) is -0.327. The molecule has 0 aromatic carbocycles. The van der Waals surface area contributed by atoms with Crippen LogP contribution in [0.25, 0.3) is 0 Å². The summed E-state index contributed by atoms with van der Waals surface area (Å²) >= 11 is 0. The van der Waals surface area contributed by atoms with E-state index in [-0.39, 0.29) is 11.6 Å². The molecule has 96 valence electrons. The fourth-order valence-corrected chi connectivity index (χ4v) is 1.75. The fourth-order valence-electron chi connectivity index (χ4n) is 1.75. The molecule has 3 N–H and O–H groups in total. The molecule has 0 fully saturated rings. The van der Waals surface area contributed by atoms with Crippen LogP contribution in [-0.2, 0) is 13.6 Å². The van der Waals surface area contributed by atoms with Gasteiger partial charge in [-0.25, -0.2) is 0 Å². The molecule has 0 radical (unpaired) electrons. The molecule has 7 nitrogen and oxygen atoms in total. The topological polar surface area (TPSA) is 90.8 Å². The van der Waals surface area contributed by atoms with E-state index in [0.717, 1.165) is 12.2 Å². The van der Waals surface area contributed by atoms with Crippen LogP contribution in [0.1, 0.15) is 23.1 Å². The summed E-state index contributed by atoms with van der Waals surface area (Å²) in [7, 11) is 1.72. The Morgan fingerprint density at radius 3 is 2.78 bits per heavy atom. The predicted octanol–water partition coefficient (Wildman–Crippen LogP) is 0.779. The number of amides is 1. The van der Waals surface area contributed by atoms with E-state index in [1.165, 1.54) is 4.68 Å². The minimum absolute atomic E-state index is 0.223. The molecule has 18 heavy (non-hydrogen) atoms. The van der Waals surface area contributed by atoms with Crippen molar-refractivity contribution in [2.75, 3.05) is 11.1 Å². The van der Waals surface area contributed by atoms with Gasteiger partial charge in [-0.3, -0.25) is 14.2 Å². The lowest BCUT2D eigenvalue weighted by molar-refractivity contribution is 0.102. The second-order valence-corrected chi connectivity index (χ2v) is 4.02. The molecule has 2 aromatic rings. The molecule has 7 heteroatoms. The maximum atomic E-state index is 12.0. The average molecular weight is 248 g/mol. The Kier molecular flexibility index (Phi) is 3.05. The normalized spacial score (nSPS) is 10.6. The molecule has 1 amide bonds.